The van der Waals surface area contributed by atoms with E-state index < -0.39 is 5.97 Å². The van der Waals surface area contributed by atoms with Crippen LogP contribution in [-0.2, 0) is 11.3 Å². The summed E-state index contributed by atoms with van der Waals surface area (Å²) in [6.07, 6.45) is 3.07. The molecule has 2 aromatic carbocycles. The van der Waals surface area contributed by atoms with Gasteiger partial charge in [0.25, 0.3) is 5.56 Å². The predicted molar refractivity (Wildman–Crippen MR) is 105 cm³/mol. The Morgan fingerprint density at radius 3 is 2.57 bits per heavy atom. The van der Waals surface area contributed by atoms with E-state index in [1.54, 1.807) is 35.1 Å². The molecule has 0 saturated carbocycles. The Labute approximate surface area is 160 Å². The van der Waals surface area contributed by atoms with Crippen molar-refractivity contribution in [2.45, 2.75) is 13.5 Å². The zero-order chi connectivity index (χ0) is 19.7. The Balaban J connectivity index is 1.69. The molecule has 0 aliphatic carbocycles. The Bertz CT molecular complexity index is 1220. The first kappa shape index (κ1) is 17.7. The van der Waals surface area contributed by atoms with Crippen molar-refractivity contribution in [2.24, 2.45) is 0 Å². The summed E-state index contributed by atoms with van der Waals surface area (Å²) in [4.78, 5) is 28.9. The number of fused-ring (bicyclic) bond motifs is 1. The maximum absolute atomic E-state index is 12.9. The average Bonchev–Trinajstić information content (AvgIpc) is 3.15. The number of hydrogen-bond acceptors (Lipinski definition) is 5. The van der Waals surface area contributed by atoms with Gasteiger partial charge >= 0.3 is 5.97 Å². The highest BCUT2D eigenvalue weighted by Crippen LogP contribution is 2.17. The quantitative estimate of drug-likeness (QED) is 0.513. The van der Waals surface area contributed by atoms with E-state index in [2.05, 4.69) is 10.1 Å². The molecule has 4 rings (SSSR count). The molecule has 2 heterocycles. The number of carbonyl (C=O) groups is 1. The van der Waals surface area contributed by atoms with E-state index in [1.807, 2.05) is 31.2 Å². The maximum atomic E-state index is 12.9. The molecule has 0 spiro atoms. The molecule has 0 radical (unpaired) electrons. The Kier molecular flexibility index (Phi) is 4.49. The van der Waals surface area contributed by atoms with Crippen molar-refractivity contribution in [1.82, 2.24) is 19.3 Å². The fourth-order valence-corrected chi connectivity index (χ4v) is 3.10. The highest BCUT2D eigenvalue weighted by atomic mass is 16.5. The molecular formula is C21H18N4O3. The van der Waals surface area contributed by atoms with Crippen molar-refractivity contribution >= 4 is 17.0 Å². The maximum Gasteiger partial charge on any atom is 0.337 e. The predicted octanol–water partition coefficient (Wildman–Crippen LogP) is 2.73. The van der Waals surface area contributed by atoms with Gasteiger partial charge in [0.2, 0.25) is 0 Å². The lowest BCUT2D eigenvalue weighted by atomic mass is 10.1. The molecule has 4 aromatic rings. The minimum Gasteiger partial charge on any atom is -0.465 e. The first-order valence-electron chi connectivity index (χ1n) is 8.75. The number of rotatable bonds is 4. The third-order valence-corrected chi connectivity index (χ3v) is 4.63. The molecule has 0 aliphatic rings. The summed E-state index contributed by atoms with van der Waals surface area (Å²) in [5.41, 5.74) is 3.64. The van der Waals surface area contributed by atoms with Crippen LogP contribution in [0.15, 0.2) is 65.8 Å². The van der Waals surface area contributed by atoms with Crippen molar-refractivity contribution in [2.75, 3.05) is 7.11 Å². The number of esters is 1. The van der Waals surface area contributed by atoms with Crippen molar-refractivity contribution < 1.29 is 9.53 Å². The number of nitrogens with zero attached hydrogens (tertiary/aromatic N) is 4. The van der Waals surface area contributed by atoms with E-state index in [0.29, 0.717) is 23.1 Å². The summed E-state index contributed by atoms with van der Waals surface area (Å²) in [7, 11) is 1.34. The number of aromatic nitrogens is 4. The average molecular weight is 374 g/mol. The van der Waals surface area contributed by atoms with Gasteiger partial charge in [-0.25, -0.2) is 14.5 Å². The third kappa shape index (κ3) is 3.07. The summed E-state index contributed by atoms with van der Waals surface area (Å²) in [5, 5.41) is 4.82. The van der Waals surface area contributed by atoms with Gasteiger partial charge in [-0.15, -0.1) is 0 Å². The SMILES string of the molecule is COC(=O)c1ccc(Cn2cnc3c(cnn3-c3ccccc3C)c2=O)cc1. The molecule has 28 heavy (non-hydrogen) atoms. The number of ether oxygens (including phenoxy) is 1. The first-order valence-corrected chi connectivity index (χ1v) is 8.75. The molecule has 0 amide bonds. The number of aryl methyl sites for hydroxylation is 1. The molecule has 0 bridgehead atoms. The molecule has 7 nitrogen and oxygen atoms in total. The van der Waals surface area contributed by atoms with Gasteiger partial charge in [-0.3, -0.25) is 9.36 Å². The van der Waals surface area contributed by atoms with Gasteiger partial charge in [0.15, 0.2) is 5.65 Å². The number of para-hydroxylation sites is 1. The standard InChI is InChI=1S/C21H18N4O3/c1-14-5-3-4-6-18(14)25-19-17(11-23-25)20(26)24(13-22-19)12-15-7-9-16(10-8-15)21(27)28-2/h3-11,13H,12H2,1-2H3. The van der Waals surface area contributed by atoms with Gasteiger partial charge in [0.1, 0.15) is 11.7 Å². The molecule has 0 saturated heterocycles. The lowest BCUT2D eigenvalue weighted by molar-refractivity contribution is 0.0600. The highest BCUT2D eigenvalue weighted by Gasteiger charge is 2.13. The van der Waals surface area contributed by atoms with E-state index in [1.165, 1.54) is 18.0 Å². The Morgan fingerprint density at radius 2 is 1.86 bits per heavy atom. The van der Waals surface area contributed by atoms with Gasteiger partial charge in [0, 0.05) is 0 Å². The van der Waals surface area contributed by atoms with Crippen molar-refractivity contribution in [1.29, 1.82) is 0 Å². The van der Waals surface area contributed by atoms with Crippen molar-refractivity contribution in [3.8, 4) is 5.69 Å². The summed E-state index contributed by atoms with van der Waals surface area (Å²) in [6, 6.07) is 14.7. The fourth-order valence-electron chi connectivity index (χ4n) is 3.10. The van der Waals surface area contributed by atoms with E-state index in [4.69, 9.17) is 4.74 Å². The number of hydrogen-bond donors (Lipinski definition) is 0. The molecule has 0 atom stereocenters. The van der Waals surface area contributed by atoms with Crippen LogP contribution in [0.1, 0.15) is 21.5 Å². The number of methoxy groups -OCH3 is 1. The topological polar surface area (TPSA) is 79.0 Å². The van der Waals surface area contributed by atoms with Gasteiger partial charge in [-0.1, -0.05) is 30.3 Å². The van der Waals surface area contributed by atoms with E-state index in [-0.39, 0.29) is 5.56 Å². The fraction of sp³-hybridized carbons (Fsp3) is 0.143. The van der Waals surface area contributed by atoms with Gasteiger partial charge in [0.05, 0.1) is 31.1 Å². The minimum atomic E-state index is -0.393. The molecule has 0 aliphatic heterocycles. The van der Waals surface area contributed by atoms with Gasteiger partial charge in [-0.05, 0) is 36.2 Å². The second-order valence-corrected chi connectivity index (χ2v) is 6.45. The van der Waals surface area contributed by atoms with E-state index >= 15 is 0 Å². The van der Waals surface area contributed by atoms with Crippen LogP contribution >= 0.6 is 0 Å². The normalized spacial score (nSPS) is 10.9. The largest absolute Gasteiger partial charge is 0.465 e. The summed E-state index contributed by atoms with van der Waals surface area (Å²) >= 11 is 0. The molecule has 0 fully saturated rings. The van der Waals surface area contributed by atoms with Crippen LogP contribution in [0.5, 0.6) is 0 Å². The second-order valence-electron chi connectivity index (χ2n) is 6.45. The molecule has 0 unspecified atom stereocenters. The van der Waals surface area contributed by atoms with Crippen molar-refractivity contribution in [3.63, 3.8) is 0 Å². The molecular weight excluding hydrogens is 356 g/mol. The molecule has 2 aromatic heterocycles. The Morgan fingerprint density at radius 1 is 1.11 bits per heavy atom. The zero-order valence-corrected chi connectivity index (χ0v) is 15.5. The third-order valence-electron chi connectivity index (χ3n) is 4.63. The van der Waals surface area contributed by atoms with Crippen LogP contribution in [0.2, 0.25) is 0 Å². The van der Waals surface area contributed by atoms with Gasteiger partial charge in [-0.2, -0.15) is 5.10 Å². The lowest BCUT2D eigenvalue weighted by Crippen LogP contribution is -2.21. The number of benzene rings is 2. The van der Waals surface area contributed by atoms with Crippen LogP contribution in [0.4, 0.5) is 0 Å². The highest BCUT2D eigenvalue weighted by molar-refractivity contribution is 5.89. The smallest absolute Gasteiger partial charge is 0.337 e. The van der Waals surface area contributed by atoms with Crippen LogP contribution in [-0.4, -0.2) is 32.4 Å². The van der Waals surface area contributed by atoms with Crippen LogP contribution < -0.4 is 5.56 Å². The molecule has 140 valence electrons. The second kappa shape index (κ2) is 7.11. The van der Waals surface area contributed by atoms with Crippen LogP contribution in [0, 0.1) is 6.92 Å². The zero-order valence-electron chi connectivity index (χ0n) is 15.5. The van der Waals surface area contributed by atoms with E-state index in [0.717, 1.165) is 16.8 Å². The lowest BCUT2D eigenvalue weighted by Gasteiger charge is -2.08. The monoisotopic (exact) mass is 374 g/mol. The molecule has 0 N–H and O–H groups in total. The minimum absolute atomic E-state index is 0.165. The summed E-state index contributed by atoms with van der Waals surface area (Å²) in [6.45, 7) is 2.33. The summed E-state index contributed by atoms with van der Waals surface area (Å²) < 4.78 is 7.90. The van der Waals surface area contributed by atoms with Crippen LogP contribution in [0.25, 0.3) is 16.7 Å². The van der Waals surface area contributed by atoms with Crippen molar-refractivity contribution in [3.05, 3.63) is 88.1 Å². The van der Waals surface area contributed by atoms with E-state index in [9.17, 15) is 9.59 Å². The summed E-state index contributed by atoms with van der Waals surface area (Å²) in [5.74, 6) is -0.393. The molecule has 7 heteroatoms. The van der Waals surface area contributed by atoms with Crippen LogP contribution in [0.3, 0.4) is 0 Å². The Hall–Kier alpha value is -3.74. The first-order chi connectivity index (χ1) is 13.6. The number of carbonyl (C=O) groups excluding carboxylic acids is 1. The van der Waals surface area contributed by atoms with Gasteiger partial charge < -0.3 is 4.74 Å².